The summed E-state index contributed by atoms with van der Waals surface area (Å²) < 4.78 is 14.1. The van der Waals surface area contributed by atoms with Gasteiger partial charge in [-0.15, -0.1) is 6.58 Å². The highest BCUT2D eigenvalue weighted by atomic mass is 19.1. The summed E-state index contributed by atoms with van der Waals surface area (Å²) in [6, 6.07) is 5.50. The third-order valence-corrected chi connectivity index (χ3v) is 5.46. The molecule has 0 spiro atoms. The Morgan fingerprint density at radius 3 is 2.36 bits per heavy atom. The van der Waals surface area contributed by atoms with Gasteiger partial charge in [-0.3, -0.25) is 4.90 Å². The number of hydrogen-bond donors (Lipinski definition) is 0. The van der Waals surface area contributed by atoms with Crippen LogP contribution in [0.15, 0.2) is 30.9 Å². The zero-order chi connectivity index (χ0) is 16.3. The SMILES string of the molecule is C=CC1(C(C)C)CCN(Cc2cccc(F)c2C(C)C)CC1. The second kappa shape index (κ2) is 6.95. The predicted molar refractivity (Wildman–Crippen MR) is 92.5 cm³/mol. The first-order valence-corrected chi connectivity index (χ1v) is 8.53. The van der Waals surface area contributed by atoms with Crippen LogP contribution in [0.25, 0.3) is 0 Å². The number of hydrogen-bond acceptors (Lipinski definition) is 1. The van der Waals surface area contributed by atoms with Crippen molar-refractivity contribution in [2.45, 2.75) is 53.0 Å². The number of piperidine rings is 1. The molecule has 0 unspecified atom stereocenters. The van der Waals surface area contributed by atoms with E-state index in [2.05, 4.69) is 51.3 Å². The fraction of sp³-hybridized carbons (Fsp3) is 0.600. The highest BCUT2D eigenvalue weighted by Crippen LogP contribution is 2.40. The van der Waals surface area contributed by atoms with Crippen LogP contribution in [0.5, 0.6) is 0 Å². The lowest BCUT2D eigenvalue weighted by atomic mass is 9.70. The maximum absolute atomic E-state index is 14.1. The molecular formula is C20H30FN. The lowest BCUT2D eigenvalue weighted by Crippen LogP contribution is -2.41. The van der Waals surface area contributed by atoms with Crippen molar-refractivity contribution >= 4 is 0 Å². The van der Waals surface area contributed by atoms with Crippen LogP contribution in [-0.4, -0.2) is 18.0 Å². The zero-order valence-electron chi connectivity index (χ0n) is 14.5. The highest BCUT2D eigenvalue weighted by Gasteiger charge is 2.34. The van der Waals surface area contributed by atoms with Crippen molar-refractivity contribution < 1.29 is 4.39 Å². The van der Waals surface area contributed by atoms with Crippen LogP contribution in [0.3, 0.4) is 0 Å². The van der Waals surface area contributed by atoms with Crippen molar-refractivity contribution in [3.63, 3.8) is 0 Å². The van der Waals surface area contributed by atoms with E-state index in [4.69, 9.17) is 0 Å². The van der Waals surface area contributed by atoms with Crippen LogP contribution in [-0.2, 0) is 6.54 Å². The van der Waals surface area contributed by atoms with E-state index in [1.54, 1.807) is 6.07 Å². The van der Waals surface area contributed by atoms with E-state index in [1.165, 1.54) is 0 Å². The molecule has 1 aromatic carbocycles. The van der Waals surface area contributed by atoms with Crippen LogP contribution < -0.4 is 0 Å². The first-order valence-electron chi connectivity index (χ1n) is 8.53. The molecule has 1 aliphatic rings. The molecule has 2 rings (SSSR count). The molecule has 0 aliphatic carbocycles. The van der Waals surface area contributed by atoms with E-state index in [1.807, 2.05) is 6.07 Å². The van der Waals surface area contributed by atoms with Crippen molar-refractivity contribution in [1.29, 1.82) is 0 Å². The van der Waals surface area contributed by atoms with E-state index in [0.717, 1.165) is 43.6 Å². The molecule has 22 heavy (non-hydrogen) atoms. The van der Waals surface area contributed by atoms with Gasteiger partial charge in [-0.1, -0.05) is 45.9 Å². The van der Waals surface area contributed by atoms with Crippen molar-refractivity contribution in [1.82, 2.24) is 4.90 Å². The summed E-state index contributed by atoms with van der Waals surface area (Å²) in [5, 5.41) is 0. The maximum Gasteiger partial charge on any atom is 0.126 e. The minimum Gasteiger partial charge on any atom is -0.299 e. The Morgan fingerprint density at radius 1 is 1.23 bits per heavy atom. The van der Waals surface area contributed by atoms with Crippen LogP contribution in [0.1, 0.15) is 57.6 Å². The molecule has 0 saturated carbocycles. The largest absolute Gasteiger partial charge is 0.299 e. The molecule has 2 heteroatoms. The second-order valence-corrected chi connectivity index (χ2v) is 7.34. The molecule has 0 N–H and O–H groups in total. The Kier molecular flexibility index (Phi) is 5.44. The van der Waals surface area contributed by atoms with Gasteiger partial charge < -0.3 is 0 Å². The normalized spacial score (nSPS) is 18.9. The minimum atomic E-state index is -0.0628. The maximum atomic E-state index is 14.1. The van der Waals surface area contributed by atoms with Gasteiger partial charge >= 0.3 is 0 Å². The summed E-state index contributed by atoms with van der Waals surface area (Å²) >= 11 is 0. The van der Waals surface area contributed by atoms with Crippen molar-refractivity contribution in [3.8, 4) is 0 Å². The fourth-order valence-corrected chi connectivity index (χ4v) is 3.75. The number of rotatable bonds is 5. The standard InChI is InChI=1S/C20H30FN/c1-6-20(16(4)5)10-12-22(13-11-20)14-17-8-7-9-18(21)19(17)15(2)3/h6-9,15-16H,1,10-14H2,2-5H3. The first-order chi connectivity index (χ1) is 10.4. The third kappa shape index (κ3) is 3.43. The van der Waals surface area contributed by atoms with Crippen LogP contribution in [0.4, 0.5) is 4.39 Å². The van der Waals surface area contributed by atoms with Gasteiger partial charge in [-0.2, -0.15) is 0 Å². The molecule has 0 aromatic heterocycles. The Balaban J connectivity index is 2.09. The molecule has 1 aliphatic heterocycles. The van der Waals surface area contributed by atoms with E-state index in [0.29, 0.717) is 5.92 Å². The molecule has 1 aromatic rings. The van der Waals surface area contributed by atoms with Gasteiger partial charge in [-0.25, -0.2) is 4.39 Å². The molecule has 1 heterocycles. The van der Waals surface area contributed by atoms with Gasteiger partial charge in [0.25, 0.3) is 0 Å². The number of nitrogens with zero attached hydrogens (tertiary/aromatic N) is 1. The Morgan fingerprint density at radius 2 is 1.86 bits per heavy atom. The van der Waals surface area contributed by atoms with Gasteiger partial charge in [0.05, 0.1) is 0 Å². The Labute approximate surface area is 135 Å². The third-order valence-electron chi connectivity index (χ3n) is 5.46. The number of benzene rings is 1. The smallest absolute Gasteiger partial charge is 0.126 e. The highest BCUT2D eigenvalue weighted by molar-refractivity contribution is 5.31. The minimum absolute atomic E-state index is 0.0628. The summed E-state index contributed by atoms with van der Waals surface area (Å²) in [4.78, 5) is 2.46. The van der Waals surface area contributed by atoms with Crippen LogP contribution in [0, 0.1) is 17.2 Å². The first kappa shape index (κ1) is 17.2. The van der Waals surface area contributed by atoms with Crippen LogP contribution >= 0.6 is 0 Å². The lowest BCUT2D eigenvalue weighted by Gasteiger charge is -2.43. The van der Waals surface area contributed by atoms with Gasteiger partial charge in [0.2, 0.25) is 0 Å². The van der Waals surface area contributed by atoms with E-state index < -0.39 is 0 Å². The van der Waals surface area contributed by atoms with Gasteiger partial charge in [0.1, 0.15) is 5.82 Å². The van der Waals surface area contributed by atoms with Crippen molar-refractivity contribution in [3.05, 3.63) is 47.8 Å². The average Bonchev–Trinajstić information content (AvgIpc) is 2.47. The monoisotopic (exact) mass is 303 g/mol. The zero-order valence-corrected chi connectivity index (χ0v) is 14.5. The number of likely N-dealkylation sites (tertiary alicyclic amines) is 1. The molecule has 0 amide bonds. The number of halogens is 1. The predicted octanol–water partition coefficient (Wildman–Crippen LogP) is 5.37. The summed E-state index contributed by atoms with van der Waals surface area (Å²) in [6.07, 6.45) is 4.47. The van der Waals surface area contributed by atoms with E-state index in [9.17, 15) is 4.39 Å². The number of allylic oxidation sites excluding steroid dienone is 1. The lowest BCUT2D eigenvalue weighted by molar-refractivity contribution is 0.0981. The second-order valence-electron chi connectivity index (χ2n) is 7.34. The average molecular weight is 303 g/mol. The molecule has 122 valence electrons. The molecule has 1 fully saturated rings. The summed E-state index contributed by atoms with van der Waals surface area (Å²) in [5.74, 6) is 0.795. The molecule has 1 saturated heterocycles. The van der Waals surface area contributed by atoms with Crippen molar-refractivity contribution in [2.24, 2.45) is 11.3 Å². The molecule has 1 nitrogen and oxygen atoms in total. The summed E-state index contributed by atoms with van der Waals surface area (Å²) in [6.45, 7) is 15.8. The molecule has 0 atom stereocenters. The van der Waals surface area contributed by atoms with E-state index in [-0.39, 0.29) is 17.2 Å². The van der Waals surface area contributed by atoms with Gasteiger partial charge in [0.15, 0.2) is 0 Å². The summed E-state index contributed by atoms with van der Waals surface area (Å²) in [7, 11) is 0. The molecule has 0 bridgehead atoms. The fourth-order valence-electron chi connectivity index (χ4n) is 3.75. The molecular weight excluding hydrogens is 273 g/mol. The van der Waals surface area contributed by atoms with Crippen molar-refractivity contribution in [2.75, 3.05) is 13.1 Å². The summed E-state index contributed by atoms with van der Waals surface area (Å²) in [5.41, 5.74) is 2.30. The molecule has 0 radical (unpaired) electrons. The Bertz CT molecular complexity index is 510. The van der Waals surface area contributed by atoms with Gasteiger partial charge in [-0.05, 0) is 60.4 Å². The van der Waals surface area contributed by atoms with Gasteiger partial charge in [0, 0.05) is 6.54 Å². The van der Waals surface area contributed by atoms with E-state index >= 15 is 0 Å². The topological polar surface area (TPSA) is 3.24 Å². The Hall–Kier alpha value is -1.15. The van der Waals surface area contributed by atoms with Crippen LogP contribution in [0.2, 0.25) is 0 Å². The quantitative estimate of drug-likeness (QED) is 0.661.